The second kappa shape index (κ2) is 7.62. The van der Waals surface area contributed by atoms with E-state index < -0.39 is 0 Å². The lowest BCUT2D eigenvalue weighted by Gasteiger charge is -2.41. The van der Waals surface area contributed by atoms with Gasteiger partial charge in [-0.3, -0.25) is 4.90 Å². The van der Waals surface area contributed by atoms with Gasteiger partial charge in [-0.15, -0.1) is 11.3 Å². The van der Waals surface area contributed by atoms with E-state index in [4.69, 9.17) is 9.73 Å². The number of thiophene rings is 1. The van der Waals surface area contributed by atoms with Crippen molar-refractivity contribution in [2.75, 3.05) is 39.1 Å². The van der Waals surface area contributed by atoms with Gasteiger partial charge in [0.1, 0.15) is 10.8 Å². The van der Waals surface area contributed by atoms with Crippen LogP contribution in [0.1, 0.15) is 23.8 Å². The van der Waals surface area contributed by atoms with Crippen LogP contribution in [0.15, 0.2) is 35.3 Å². The minimum Gasteiger partial charge on any atom is -0.382 e. The van der Waals surface area contributed by atoms with Gasteiger partial charge in [-0.05, 0) is 45.5 Å². The Kier molecular flexibility index (Phi) is 5.21. The molecule has 0 radical (unpaired) electrons. The van der Waals surface area contributed by atoms with Gasteiger partial charge in [0, 0.05) is 37.7 Å². The molecule has 0 amide bonds. The van der Waals surface area contributed by atoms with Crippen LogP contribution in [0.25, 0.3) is 0 Å². The molecule has 6 heteroatoms. The molecule has 5 nitrogen and oxygen atoms in total. The van der Waals surface area contributed by atoms with Gasteiger partial charge in [0.25, 0.3) is 0 Å². The lowest BCUT2D eigenvalue weighted by atomic mass is 10.0. The maximum atomic E-state index is 5.52. The molecule has 3 heterocycles. The zero-order valence-corrected chi connectivity index (χ0v) is 17.3. The van der Waals surface area contributed by atoms with Crippen molar-refractivity contribution in [3.05, 3.63) is 40.8 Å². The summed E-state index contributed by atoms with van der Waals surface area (Å²) in [5.74, 6) is 1.09. The van der Waals surface area contributed by atoms with Gasteiger partial charge in [-0.1, -0.05) is 12.1 Å². The Bertz CT molecular complexity index is 846. The molecule has 1 fully saturated rings. The third kappa shape index (κ3) is 3.74. The molecule has 144 valence electrons. The van der Waals surface area contributed by atoms with E-state index in [1.54, 1.807) is 18.4 Å². The molecular formula is C21H28N4OS. The minimum atomic E-state index is 0.259. The number of aliphatic imine (C=N–C) groups is 1. The number of hydrogen-bond acceptors (Lipinski definition) is 6. The van der Waals surface area contributed by atoms with Crippen LogP contribution in [0.5, 0.6) is 0 Å². The summed E-state index contributed by atoms with van der Waals surface area (Å²) in [7, 11) is 4.01. The number of ether oxygens (including phenoxy) is 1. The van der Waals surface area contributed by atoms with Crippen molar-refractivity contribution in [3.63, 3.8) is 0 Å². The number of nitrogens with zero attached hydrogens (tertiary/aromatic N) is 3. The smallest absolute Gasteiger partial charge is 0.139 e. The number of amidine groups is 1. The van der Waals surface area contributed by atoms with E-state index in [1.165, 1.54) is 15.4 Å². The average Bonchev–Trinajstić information content (AvgIpc) is 2.95. The van der Waals surface area contributed by atoms with E-state index in [1.807, 2.05) is 0 Å². The predicted octanol–water partition coefficient (Wildman–Crippen LogP) is 4.23. The molecule has 1 aromatic heterocycles. The second-order valence-electron chi connectivity index (χ2n) is 7.54. The Morgan fingerprint density at radius 1 is 1.33 bits per heavy atom. The fraction of sp³-hybridized carbons (Fsp3) is 0.476. The number of rotatable bonds is 3. The highest BCUT2D eigenvalue weighted by Crippen LogP contribution is 2.39. The minimum absolute atomic E-state index is 0.259. The van der Waals surface area contributed by atoms with Crippen LogP contribution in [0.4, 0.5) is 16.4 Å². The molecular weight excluding hydrogens is 356 g/mol. The Hall–Kier alpha value is -1.89. The molecule has 1 unspecified atom stereocenters. The van der Waals surface area contributed by atoms with Gasteiger partial charge in [-0.25, -0.2) is 4.99 Å². The van der Waals surface area contributed by atoms with E-state index in [-0.39, 0.29) is 6.10 Å². The van der Waals surface area contributed by atoms with Crippen LogP contribution in [0, 0.1) is 6.92 Å². The lowest BCUT2D eigenvalue weighted by Crippen LogP contribution is -2.54. The number of aryl methyl sites for hydroxylation is 1. The highest BCUT2D eigenvalue weighted by atomic mass is 32.1. The number of fused-ring (bicyclic) bond motifs is 2. The zero-order valence-electron chi connectivity index (χ0n) is 16.5. The Balaban J connectivity index is 1.69. The molecule has 0 bridgehead atoms. The summed E-state index contributed by atoms with van der Waals surface area (Å²) < 4.78 is 5.52. The predicted molar refractivity (Wildman–Crippen MR) is 114 cm³/mol. The normalized spacial score (nSPS) is 21.0. The molecule has 2 atom stereocenters. The Morgan fingerprint density at radius 3 is 2.96 bits per heavy atom. The fourth-order valence-corrected chi connectivity index (χ4v) is 4.78. The summed E-state index contributed by atoms with van der Waals surface area (Å²) >= 11 is 1.80. The molecule has 0 spiro atoms. The molecule has 1 N–H and O–H groups in total. The molecule has 2 aromatic rings. The van der Waals surface area contributed by atoms with Crippen LogP contribution >= 0.6 is 11.3 Å². The van der Waals surface area contributed by atoms with Crippen LogP contribution < -0.4 is 5.32 Å². The first-order valence-corrected chi connectivity index (χ1v) is 10.4. The number of methoxy groups -OCH3 is 1. The second-order valence-corrected chi connectivity index (χ2v) is 8.80. The standard InChI is InChI=1S/C21H28N4OS/c1-14(26-4)11-16-13-25(10-9-24(16)3)20-17-12-15(2)27-21(17)23-19-8-6-5-7-18(19)22-20/h5-8,12,14,16,23H,9-11,13H2,1-4H3/t14-,16?/m0/s1. The summed E-state index contributed by atoms with van der Waals surface area (Å²) in [6.07, 6.45) is 1.29. The lowest BCUT2D eigenvalue weighted by molar-refractivity contribution is 0.0565. The van der Waals surface area contributed by atoms with Crippen molar-refractivity contribution in [2.24, 2.45) is 4.99 Å². The van der Waals surface area contributed by atoms with Crippen molar-refractivity contribution in [1.82, 2.24) is 9.80 Å². The maximum absolute atomic E-state index is 5.52. The van der Waals surface area contributed by atoms with Gasteiger partial charge in [0.2, 0.25) is 0 Å². The van der Waals surface area contributed by atoms with E-state index >= 15 is 0 Å². The molecule has 0 saturated carbocycles. The quantitative estimate of drug-likeness (QED) is 0.860. The highest BCUT2D eigenvalue weighted by molar-refractivity contribution is 7.16. The molecule has 1 saturated heterocycles. The summed E-state index contributed by atoms with van der Waals surface area (Å²) in [5, 5.41) is 4.79. The number of nitrogens with one attached hydrogen (secondary N) is 1. The van der Waals surface area contributed by atoms with Crippen LogP contribution in [-0.4, -0.2) is 61.6 Å². The van der Waals surface area contributed by atoms with E-state index in [0.717, 1.165) is 43.3 Å². The molecule has 1 aromatic carbocycles. The third-order valence-corrected chi connectivity index (χ3v) is 6.52. The molecule has 2 aliphatic rings. The number of para-hydroxylation sites is 2. The van der Waals surface area contributed by atoms with Gasteiger partial charge in [0.05, 0.1) is 23.0 Å². The number of hydrogen-bond donors (Lipinski definition) is 1. The number of likely N-dealkylation sites (N-methyl/N-ethyl adjacent to an activating group) is 1. The third-order valence-electron chi connectivity index (χ3n) is 5.56. The van der Waals surface area contributed by atoms with Crippen molar-refractivity contribution >= 4 is 33.5 Å². The van der Waals surface area contributed by atoms with E-state index in [9.17, 15) is 0 Å². The Morgan fingerprint density at radius 2 is 2.15 bits per heavy atom. The molecule has 27 heavy (non-hydrogen) atoms. The summed E-state index contributed by atoms with van der Waals surface area (Å²) in [5.41, 5.74) is 3.31. The monoisotopic (exact) mass is 384 g/mol. The van der Waals surface area contributed by atoms with Gasteiger partial charge in [0.15, 0.2) is 0 Å². The largest absolute Gasteiger partial charge is 0.382 e. The number of piperazine rings is 1. The van der Waals surface area contributed by atoms with E-state index in [0.29, 0.717) is 6.04 Å². The summed E-state index contributed by atoms with van der Waals surface area (Å²) in [4.78, 5) is 11.3. The molecule has 2 aliphatic heterocycles. The highest BCUT2D eigenvalue weighted by Gasteiger charge is 2.30. The first-order valence-electron chi connectivity index (χ1n) is 9.58. The van der Waals surface area contributed by atoms with Gasteiger partial charge < -0.3 is 15.0 Å². The van der Waals surface area contributed by atoms with Crippen molar-refractivity contribution in [2.45, 2.75) is 32.4 Å². The van der Waals surface area contributed by atoms with Crippen molar-refractivity contribution in [3.8, 4) is 0 Å². The van der Waals surface area contributed by atoms with Crippen LogP contribution in [0.2, 0.25) is 0 Å². The number of benzene rings is 1. The fourth-order valence-electron chi connectivity index (χ4n) is 3.86. The van der Waals surface area contributed by atoms with E-state index in [2.05, 4.69) is 66.3 Å². The van der Waals surface area contributed by atoms with Gasteiger partial charge >= 0.3 is 0 Å². The average molecular weight is 385 g/mol. The van der Waals surface area contributed by atoms with Crippen LogP contribution in [0.3, 0.4) is 0 Å². The number of anilines is 2. The SMILES string of the molecule is CO[C@@H](C)CC1CN(C2=Nc3ccccc3Nc3sc(C)cc32)CCN1C. The van der Waals surface area contributed by atoms with Crippen molar-refractivity contribution in [1.29, 1.82) is 0 Å². The summed E-state index contributed by atoms with van der Waals surface area (Å²) in [6, 6.07) is 11.0. The topological polar surface area (TPSA) is 40.1 Å². The first kappa shape index (κ1) is 18.5. The molecule has 0 aliphatic carbocycles. The first-order chi connectivity index (χ1) is 13.0. The van der Waals surface area contributed by atoms with Gasteiger partial charge in [-0.2, -0.15) is 0 Å². The van der Waals surface area contributed by atoms with Crippen molar-refractivity contribution < 1.29 is 4.74 Å². The summed E-state index contributed by atoms with van der Waals surface area (Å²) in [6.45, 7) is 7.31. The zero-order chi connectivity index (χ0) is 19.0. The Labute approximate surface area is 165 Å². The maximum Gasteiger partial charge on any atom is 0.139 e. The molecule has 4 rings (SSSR count). The van der Waals surface area contributed by atoms with Crippen LogP contribution in [-0.2, 0) is 4.74 Å².